The van der Waals surface area contributed by atoms with Crippen molar-refractivity contribution in [2.45, 2.75) is 33.1 Å². The van der Waals surface area contributed by atoms with E-state index in [4.69, 9.17) is 10.00 Å². The molecule has 0 atom stereocenters. The van der Waals surface area contributed by atoms with Gasteiger partial charge in [0.25, 0.3) is 0 Å². The van der Waals surface area contributed by atoms with E-state index in [0.717, 1.165) is 17.1 Å². The maximum atomic E-state index is 8.80. The normalized spacial score (nSPS) is 10.9. The van der Waals surface area contributed by atoms with Crippen LogP contribution >= 0.6 is 0 Å². The molecule has 0 bridgehead atoms. The van der Waals surface area contributed by atoms with Gasteiger partial charge in [0.05, 0.1) is 11.6 Å². The molecule has 0 saturated heterocycles. The highest BCUT2D eigenvalue weighted by atomic mass is 16.5. The summed E-state index contributed by atoms with van der Waals surface area (Å²) in [5.74, 6) is 1.61. The highest BCUT2D eigenvalue weighted by Crippen LogP contribution is 2.31. The number of rotatable bonds is 2. The van der Waals surface area contributed by atoms with E-state index in [2.05, 4.69) is 45.0 Å². The average Bonchev–Trinajstić information content (AvgIpc) is 2.41. The van der Waals surface area contributed by atoms with Crippen molar-refractivity contribution in [3.63, 3.8) is 0 Å². The Kier molecular flexibility index (Phi) is 3.81. The molecule has 0 amide bonds. The van der Waals surface area contributed by atoms with E-state index in [1.165, 1.54) is 5.56 Å². The summed E-state index contributed by atoms with van der Waals surface area (Å²) in [7, 11) is 0. The van der Waals surface area contributed by atoms with Gasteiger partial charge >= 0.3 is 0 Å². The van der Waals surface area contributed by atoms with Crippen LogP contribution in [0.5, 0.6) is 11.5 Å². The minimum atomic E-state index is 0.0937. The molecule has 2 nitrogen and oxygen atoms in total. The molecule has 2 aromatic rings. The number of hydrogen-bond acceptors (Lipinski definition) is 2. The predicted molar refractivity (Wildman–Crippen MR) is 81.1 cm³/mol. The third kappa shape index (κ3) is 3.19. The largest absolute Gasteiger partial charge is 0.457 e. The van der Waals surface area contributed by atoms with Crippen LogP contribution in [0.2, 0.25) is 0 Å². The summed E-state index contributed by atoms with van der Waals surface area (Å²) in [4.78, 5) is 0. The van der Waals surface area contributed by atoms with E-state index >= 15 is 0 Å². The van der Waals surface area contributed by atoms with Crippen LogP contribution in [0.4, 0.5) is 0 Å². The van der Waals surface area contributed by atoms with E-state index in [9.17, 15) is 0 Å². The lowest BCUT2D eigenvalue weighted by molar-refractivity contribution is 0.475. The average molecular weight is 265 g/mol. The fourth-order valence-corrected chi connectivity index (χ4v) is 1.90. The molecular formula is C18H19NO. The summed E-state index contributed by atoms with van der Waals surface area (Å²) in [5, 5.41) is 8.80. The minimum Gasteiger partial charge on any atom is -0.457 e. The van der Waals surface area contributed by atoms with Gasteiger partial charge in [-0.1, -0.05) is 32.9 Å². The third-order valence-corrected chi connectivity index (χ3v) is 3.27. The molecule has 0 aliphatic heterocycles. The molecule has 0 radical (unpaired) electrons. The molecule has 0 unspecified atom stereocenters. The fraction of sp³-hybridized carbons (Fsp3) is 0.278. The van der Waals surface area contributed by atoms with E-state index in [-0.39, 0.29) is 5.41 Å². The van der Waals surface area contributed by atoms with Gasteiger partial charge in [0, 0.05) is 0 Å². The molecule has 0 aliphatic rings. The lowest BCUT2D eigenvalue weighted by Crippen LogP contribution is -2.11. The van der Waals surface area contributed by atoms with Crippen LogP contribution in [-0.2, 0) is 5.41 Å². The topological polar surface area (TPSA) is 33.0 Å². The Bertz CT molecular complexity index is 643. The maximum Gasteiger partial charge on any atom is 0.130 e. The van der Waals surface area contributed by atoms with Crippen LogP contribution in [0.15, 0.2) is 42.5 Å². The quantitative estimate of drug-likeness (QED) is 0.769. The van der Waals surface area contributed by atoms with Crippen molar-refractivity contribution in [2.24, 2.45) is 0 Å². The minimum absolute atomic E-state index is 0.0937. The van der Waals surface area contributed by atoms with Gasteiger partial charge < -0.3 is 4.74 Å². The van der Waals surface area contributed by atoms with Crippen molar-refractivity contribution >= 4 is 0 Å². The highest BCUT2D eigenvalue weighted by molar-refractivity contribution is 5.43. The zero-order valence-electron chi connectivity index (χ0n) is 12.4. The monoisotopic (exact) mass is 265 g/mol. The fourth-order valence-electron chi connectivity index (χ4n) is 1.90. The summed E-state index contributed by atoms with van der Waals surface area (Å²) in [5.41, 5.74) is 3.07. The first kappa shape index (κ1) is 14.1. The molecule has 0 fully saturated rings. The van der Waals surface area contributed by atoms with Gasteiger partial charge in [0.2, 0.25) is 0 Å². The van der Waals surface area contributed by atoms with Crippen molar-refractivity contribution in [1.29, 1.82) is 5.26 Å². The second-order valence-corrected chi connectivity index (χ2v) is 5.97. The molecule has 2 rings (SSSR count). The molecule has 0 saturated carbocycles. The summed E-state index contributed by atoms with van der Waals surface area (Å²) in [6.45, 7) is 8.58. The molecule has 2 aromatic carbocycles. The molecule has 0 N–H and O–H groups in total. The van der Waals surface area contributed by atoms with Gasteiger partial charge in [-0.2, -0.15) is 5.26 Å². The van der Waals surface area contributed by atoms with Crippen molar-refractivity contribution in [2.75, 3.05) is 0 Å². The molecular weight excluding hydrogens is 246 g/mol. The smallest absolute Gasteiger partial charge is 0.130 e. The number of benzene rings is 2. The lowest BCUT2D eigenvalue weighted by Gasteiger charge is -2.20. The van der Waals surface area contributed by atoms with Crippen LogP contribution in [0.25, 0.3) is 0 Å². The Morgan fingerprint density at radius 2 is 1.65 bits per heavy atom. The predicted octanol–water partition coefficient (Wildman–Crippen LogP) is 4.96. The summed E-state index contributed by atoms with van der Waals surface area (Å²) < 4.78 is 5.94. The SMILES string of the molecule is Cc1ccc(C(C)(C)C)cc1Oc1ccc(C#N)cc1. The van der Waals surface area contributed by atoms with Gasteiger partial charge in [-0.3, -0.25) is 0 Å². The number of nitrogens with zero attached hydrogens (tertiary/aromatic N) is 1. The first-order valence-corrected chi connectivity index (χ1v) is 6.69. The molecule has 102 valence electrons. The highest BCUT2D eigenvalue weighted by Gasteiger charge is 2.15. The molecule has 0 aromatic heterocycles. The molecule has 0 heterocycles. The summed E-state index contributed by atoms with van der Waals surface area (Å²) >= 11 is 0. The first-order chi connectivity index (χ1) is 9.40. The molecule has 0 spiro atoms. The Labute approximate surface area is 120 Å². The van der Waals surface area contributed by atoms with Crippen LogP contribution in [0.1, 0.15) is 37.5 Å². The lowest BCUT2D eigenvalue weighted by atomic mass is 9.86. The Morgan fingerprint density at radius 1 is 1.00 bits per heavy atom. The molecule has 20 heavy (non-hydrogen) atoms. The van der Waals surface area contributed by atoms with Crippen LogP contribution in [-0.4, -0.2) is 0 Å². The molecule has 0 aliphatic carbocycles. The number of hydrogen-bond donors (Lipinski definition) is 0. The second-order valence-electron chi connectivity index (χ2n) is 5.97. The van der Waals surface area contributed by atoms with E-state index in [1.807, 2.05) is 19.1 Å². The Balaban J connectivity index is 2.30. The van der Waals surface area contributed by atoms with Crippen molar-refractivity contribution in [3.05, 3.63) is 59.2 Å². The van der Waals surface area contributed by atoms with Gasteiger partial charge in [-0.25, -0.2) is 0 Å². The maximum absolute atomic E-state index is 8.80. The van der Waals surface area contributed by atoms with Crippen molar-refractivity contribution in [3.8, 4) is 17.6 Å². The van der Waals surface area contributed by atoms with E-state index < -0.39 is 0 Å². The van der Waals surface area contributed by atoms with Gasteiger partial charge in [0.15, 0.2) is 0 Å². The van der Waals surface area contributed by atoms with Crippen molar-refractivity contribution < 1.29 is 4.74 Å². The third-order valence-electron chi connectivity index (χ3n) is 3.27. The Morgan fingerprint density at radius 3 is 2.20 bits per heavy atom. The first-order valence-electron chi connectivity index (χ1n) is 6.69. The summed E-state index contributed by atoms with van der Waals surface area (Å²) in [6.07, 6.45) is 0. The van der Waals surface area contributed by atoms with Gasteiger partial charge in [-0.05, 0) is 53.8 Å². The number of aryl methyl sites for hydroxylation is 1. The number of nitriles is 1. The van der Waals surface area contributed by atoms with Crippen LogP contribution in [0.3, 0.4) is 0 Å². The van der Waals surface area contributed by atoms with Gasteiger partial charge in [-0.15, -0.1) is 0 Å². The van der Waals surface area contributed by atoms with Crippen molar-refractivity contribution in [1.82, 2.24) is 0 Å². The number of ether oxygens (including phenoxy) is 1. The zero-order chi connectivity index (χ0) is 14.8. The zero-order valence-corrected chi connectivity index (χ0v) is 12.4. The standard InChI is InChI=1S/C18H19NO/c1-13-5-8-15(18(2,3)4)11-17(13)20-16-9-6-14(12-19)7-10-16/h5-11H,1-4H3. The second kappa shape index (κ2) is 5.38. The van der Waals surface area contributed by atoms with Gasteiger partial charge in [0.1, 0.15) is 11.5 Å². The Hall–Kier alpha value is -2.27. The molecule has 2 heteroatoms. The van der Waals surface area contributed by atoms with Crippen LogP contribution < -0.4 is 4.74 Å². The van der Waals surface area contributed by atoms with Crippen LogP contribution in [0, 0.1) is 18.3 Å². The van der Waals surface area contributed by atoms with E-state index in [1.54, 1.807) is 12.1 Å². The summed E-state index contributed by atoms with van der Waals surface area (Å²) in [6, 6.07) is 15.6. The van der Waals surface area contributed by atoms with E-state index in [0.29, 0.717) is 5.56 Å².